The third-order valence-corrected chi connectivity index (χ3v) is 5.40. The Labute approximate surface area is 212 Å². The maximum Gasteiger partial charge on any atom is 1.00 e. The van der Waals surface area contributed by atoms with Gasteiger partial charge in [-0.3, -0.25) is 0 Å². The molecular weight excluding hydrogens is 511 g/mol. The van der Waals surface area contributed by atoms with Gasteiger partial charge in [0.15, 0.2) is 5.75 Å². The van der Waals surface area contributed by atoms with Gasteiger partial charge in [0.25, 0.3) is 0 Å². The van der Waals surface area contributed by atoms with Crippen LogP contribution < -0.4 is 45.3 Å². The molecule has 30 heavy (non-hydrogen) atoms. The van der Waals surface area contributed by atoms with Crippen molar-refractivity contribution in [3.63, 3.8) is 0 Å². The van der Waals surface area contributed by atoms with E-state index in [4.69, 9.17) is 56.9 Å². The molecule has 3 N–H and O–H groups in total. The van der Waals surface area contributed by atoms with Crippen LogP contribution in [0.2, 0.25) is 20.4 Å². The molecule has 2 aromatic carbocycles. The molecule has 152 valence electrons. The van der Waals surface area contributed by atoms with Crippen LogP contribution in [0.3, 0.4) is 0 Å². The van der Waals surface area contributed by atoms with E-state index >= 15 is 0 Å². The fourth-order valence-corrected chi connectivity index (χ4v) is 3.41. The Morgan fingerprint density at radius 3 is 2.27 bits per heavy atom. The molecule has 0 aliphatic carbocycles. The van der Waals surface area contributed by atoms with Crippen molar-refractivity contribution in [2.45, 2.75) is 4.90 Å². The average Bonchev–Trinajstić information content (AvgIpc) is 2.58. The summed E-state index contributed by atoms with van der Waals surface area (Å²) in [6.07, 6.45) is 0. The number of aromatic nitrogens is 3. The minimum atomic E-state index is -4.70. The third kappa shape index (κ3) is 6.22. The molecular formula is C15H8Cl4N5NaO4S. The normalized spacial score (nSPS) is 11.0. The second-order valence-corrected chi connectivity index (χ2v) is 8.25. The standard InChI is InChI=1S/C15H9Cl4N5O4S.Na/c16-7-4-9(18)11(5-8(7)17)28-15-23-13(19)22-14(24-15)21-6-1-2-12(10(20)3-6)29(25,26)27;/h1-5H,20H2,(H,25,26,27)(H,21,22,23,24);/q;+1/p-1. The minimum absolute atomic E-state index is 0. The van der Waals surface area contributed by atoms with Crippen LogP contribution in [0.1, 0.15) is 0 Å². The van der Waals surface area contributed by atoms with Crippen LogP contribution >= 0.6 is 46.4 Å². The average molecular weight is 519 g/mol. The van der Waals surface area contributed by atoms with Crippen LogP contribution in [0.5, 0.6) is 11.8 Å². The predicted octanol–water partition coefficient (Wildman–Crippen LogP) is 1.51. The van der Waals surface area contributed by atoms with Crippen LogP contribution in [0.4, 0.5) is 17.3 Å². The summed E-state index contributed by atoms with van der Waals surface area (Å²) >= 11 is 23.8. The number of anilines is 3. The molecule has 0 bridgehead atoms. The number of hydrogen-bond donors (Lipinski definition) is 2. The Morgan fingerprint density at radius 1 is 0.967 bits per heavy atom. The molecule has 1 heterocycles. The van der Waals surface area contributed by atoms with E-state index in [1.807, 2.05) is 0 Å². The van der Waals surface area contributed by atoms with E-state index in [2.05, 4.69) is 20.3 Å². The first-order chi connectivity index (χ1) is 13.5. The predicted molar refractivity (Wildman–Crippen MR) is 108 cm³/mol. The van der Waals surface area contributed by atoms with Crippen LogP contribution in [0.15, 0.2) is 35.2 Å². The van der Waals surface area contributed by atoms with Crippen molar-refractivity contribution in [1.29, 1.82) is 0 Å². The molecule has 1 aromatic heterocycles. The van der Waals surface area contributed by atoms with Gasteiger partial charge in [-0.25, -0.2) is 8.42 Å². The molecule has 3 rings (SSSR count). The number of rotatable bonds is 5. The van der Waals surface area contributed by atoms with Crippen LogP contribution in [-0.4, -0.2) is 27.9 Å². The minimum Gasteiger partial charge on any atom is -0.744 e. The quantitative estimate of drug-likeness (QED) is 0.222. The van der Waals surface area contributed by atoms with Gasteiger partial charge >= 0.3 is 35.6 Å². The summed E-state index contributed by atoms with van der Waals surface area (Å²) in [6.45, 7) is 0. The topological polar surface area (TPSA) is 143 Å². The van der Waals surface area contributed by atoms with Gasteiger partial charge in [-0.05, 0) is 35.9 Å². The largest absolute Gasteiger partial charge is 1.00 e. The van der Waals surface area contributed by atoms with Crippen molar-refractivity contribution in [2.75, 3.05) is 11.1 Å². The summed E-state index contributed by atoms with van der Waals surface area (Å²) in [5.74, 6) is 0.0804. The van der Waals surface area contributed by atoms with Gasteiger partial charge in [0.1, 0.15) is 10.1 Å². The molecule has 0 fully saturated rings. The van der Waals surface area contributed by atoms with Gasteiger partial charge in [0.2, 0.25) is 11.2 Å². The molecule has 0 atom stereocenters. The van der Waals surface area contributed by atoms with Crippen molar-refractivity contribution in [3.8, 4) is 11.8 Å². The van der Waals surface area contributed by atoms with Crippen molar-refractivity contribution < 1.29 is 47.3 Å². The van der Waals surface area contributed by atoms with Crippen LogP contribution in [0.25, 0.3) is 0 Å². The number of nitrogens with one attached hydrogen (secondary N) is 1. The Bertz CT molecular complexity index is 1220. The van der Waals surface area contributed by atoms with E-state index in [1.165, 1.54) is 24.3 Å². The third-order valence-electron chi connectivity index (χ3n) is 3.30. The molecule has 0 saturated heterocycles. The molecule has 0 spiro atoms. The van der Waals surface area contributed by atoms with Crippen LogP contribution in [-0.2, 0) is 10.1 Å². The Hall–Kier alpha value is -1.08. The van der Waals surface area contributed by atoms with E-state index in [1.54, 1.807) is 0 Å². The smallest absolute Gasteiger partial charge is 0.744 e. The molecule has 0 radical (unpaired) electrons. The van der Waals surface area contributed by atoms with Gasteiger partial charge in [0.05, 0.1) is 25.7 Å². The molecule has 15 heteroatoms. The maximum absolute atomic E-state index is 11.1. The van der Waals surface area contributed by atoms with Gasteiger partial charge in [-0.1, -0.05) is 34.8 Å². The number of nitrogens with zero attached hydrogens (tertiary/aromatic N) is 3. The first-order valence-electron chi connectivity index (χ1n) is 7.39. The summed E-state index contributed by atoms with van der Waals surface area (Å²) in [5, 5.41) is 3.13. The Kier molecular flexibility index (Phi) is 8.42. The van der Waals surface area contributed by atoms with Crippen molar-refractivity contribution in [3.05, 3.63) is 50.7 Å². The number of hydrogen-bond acceptors (Lipinski definition) is 9. The number of ether oxygens (including phenoxy) is 1. The summed E-state index contributed by atoms with van der Waals surface area (Å²) in [6, 6.07) is 6.13. The monoisotopic (exact) mass is 517 g/mol. The SMILES string of the molecule is Nc1cc(Nc2nc(Cl)nc(Oc3cc(Cl)c(Cl)cc3Cl)n2)ccc1S(=O)(=O)[O-].[Na+]. The first kappa shape index (κ1) is 25.2. The van der Waals surface area contributed by atoms with E-state index < -0.39 is 15.0 Å². The number of benzene rings is 2. The fourth-order valence-electron chi connectivity index (χ4n) is 2.10. The summed E-state index contributed by atoms with van der Waals surface area (Å²) in [7, 11) is -4.70. The maximum atomic E-state index is 11.1. The van der Waals surface area contributed by atoms with Crippen molar-refractivity contribution in [1.82, 2.24) is 15.0 Å². The molecule has 9 nitrogen and oxygen atoms in total. The molecule has 3 aromatic rings. The first-order valence-corrected chi connectivity index (χ1v) is 10.3. The number of nitrogen functional groups attached to an aromatic ring is 1. The summed E-state index contributed by atoms with van der Waals surface area (Å²) < 4.78 is 38.8. The molecule has 0 aliphatic rings. The van der Waals surface area contributed by atoms with Gasteiger partial charge in [-0.15, -0.1) is 0 Å². The summed E-state index contributed by atoms with van der Waals surface area (Å²) in [4.78, 5) is 11.2. The zero-order valence-electron chi connectivity index (χ0n) is 14.9. The summed E-state index contributed by atoms with van der Waals surface area (Å²) in [5.41, 5.74) is 5.65. The molecule has 0 unspecified atom stereocenters. The number of nitrogens with two attached hydrogens (primary N) is 1. The van der Waals surface area contributed by atoms with E-state index in [-0.39, 0.29) is 79.0 Å². The van der Waals surface area contributed by atoms with E-state index in [9.17, 15) is 13.0 Å². The van der Waals surface area contributed by atoms with Crippen LogP contribution in [0, 0.1) is 0 Å². The van der Waals surface area contributed by atoms with Gasteiger partial charge in [0, 0.05) is 11.8 Å². The van der Waals surface area contributed by atoms with Gasteiger partial charge < -0.3 is 20.3 Å². The Morgan fingerprint density at radius 2 is 1.63 bits per heavy atom. The second-order valence-electron chi connectivity index (χ2n) is 5.34. The molecule has 0 aliphatic heterocycles. The van der Waals surface area contributed by atoms with Crippen molar-refractivity contribution >= 4 is 73.8 Å². The number of halogens is 4. The fraction of sp³-hybridized carbons (Fsp3) is 0. The van der Waals surface area contributed by atoms with Gasteiger partial charge in [-0.2, -0.15) is 15.0 Å². The zero-order chi connectivity index (χ0) is 21.3. The van der Waals surface area contributed by atoms with Crippen molar-refractivity contribution in [2.24, 2.45) is 0 Å². The Balaban J connectivity index is 0.00000320. The molecule has 0 amide bonds. The van der Waals surface area contributed by atoms with E-state index in [0.717, 1.165) is 6.07 Å². The zero-order valence-corrected chi connectivity index (χ0v) is 20.7. The van der Waals surface area contributed by atoms with E-state index in [0.29, 0.717) is 0 Å². The second kappa shape index (κ2) is 10.0. The molecule has 0 saturated carbocycles.